The summed E-state index contributed by atoms with van der Waals surface area (Å²) in [6, 6.07) is 0. The lowest BCUT2D eigenvalue weighted by Gasteiger charge is -2.07. The lowest BCUT2D eigenvalue weighted by Crippen LogP contribution is -2.06. The maximum Gasteiger partial charge on any atom is 0.187 e. The van der Waals surface area contributed by atoms with Gasteiger partial charge in [-0.2, -0.15) is 0 Å². The van der Waals surface area contributed by atoms with E-state index in [0.29, 0.717) is 6.42 Å². The molecule has 0 aliphatic heterocycles. The van der Waals surface area contributed by atoms with Gasteiger partial charge < -0.3 is 14.6 Å². The van der Waals surface area contributed by atoms with Crippen LogP contribution >= 0.6 is 0 Å². The Morgan fingerprint density at radius 2 is 2.27 bits per heavy atom. The molecule has 11 heavy (non-hydrogen) atoms. The highest BCUT2D eigenvalue weighted by Gasteiger charge is 2.01. The lowest BCUT2D eigenvalue weighted by molar-refractivity contribution is 0.0174. The first-order chi connectivity index (χ1) is 5.22. The van der Waals surface area contributed by atoms with Crippen LogP contribution in [-0.4, -0.2) is 25.1 Å². The van der Waals surface area contributed by atoms with Gasteiger partial charge in [0.1, 0.15) is 0 Å². The molecule has 1 unspecified atom stereocenters. The van der Waals surface area contributed by atoms with Gasteiger partial charge in [-0.3, -0.25) is 0 Å². The fourth-order valence-electron chi connectivity index (χ4n) is 0.634. The summed E-state index contributed by atoms with van der Waals surface area (Å²) in [4.78, 5) is 0. The Kier molecular flexibility index (Phi) is 5.88. The van der Waals surface area contributed by atoms with E-state index in [-0.39, 0.29) is 6.79 Å². The fraction of sp³-hybridized carbons (Fsp3) is 0.750. The van der Waals surface area contributed by atoms with E-state index in [1.807, 2.05) is 13.8 Å². The van der Waals surface area contributed by atoms with Gasteiger partial charge in [0.05, 0.1) is 12.4 Å². The second-order valence-corrected chi connectivity index (χ2v) is 2.36. The van der Waals surface area contributed by atoms with Crippen molar-refractivity contribution in [3.05, 3.63) is 11.8 Å². The molecule has 66 valence electrons. The third kappa shape index (κ3) is 4.81. The number of aliphatic hydroxyl groups is 1. The van der Waals surface area contributed by atoms with Crippen molar-refractivity contribution in [2.45, 2.75) is 26.4 Å². The van der Waals surface area contributed by atoms with Crippen molar-refractivity contribution in [3.63, 3.8) is 0 Å². The molecule has 0 aromatic carbocycles. The predicted molar refractivity (Wildman–Crippen MR) is 43.0 cm³/mol. The van der Waals surface area contributed by atoms with Crippen LogP contribution in [-0.2, 0) is 9.47 Å². The molecule has 0 spiro atoms. The molecule has 3 heteroatoms. The molecule has 0 aromatic heterocycles. The minimum Gasteiger partial charge on any atom is -0.475 e. The van der Waals surface area contributed by atoms with Gasteiger partial charge in [0, 0.05) is 7.11 Å². The van der Waals surface area contributed by atoms with Gasteiger partial charge in [-0.05, 0) is 18.9 Å². The normalized spacial score (nSPS) is 14.7. The van der Waals surface area contributed by atoms with Crippen molar-refractivity contribution >= 4 is 0 Å². The van der Waals surface area contributed by atoms with Crippen LogP contribution in [0.2, 0.25) is 0 Å². The molecule has 0 aromatic rings. The van der Waals surface area contributed by atoms with Crippen molar-refractivity contribution in [2.24, 2.45) is 0 Å². The standard InChI is InChI=1S/C8H16O3/c1-4-8(9)7(2)5-11-6-10-3/h5,8-9H,4,6H2,1-3H3/b7-5+. The van der Waals surface area contributed by atoms with Crippen molar-refractivity contribution in [1.82, 2.24) is 0 Å². The Morgan fingerprint density at radius 1 is 1.64 bits per heavy atom. The van der Waals surface area contributed by atoms with E-state index in [1.54, 1.807) is 7.11 Å². The summed E-state index contributed by atoms with van der Waals surface area (Å²) >= 11 is 0. The third-order valence-corrected chi connectivity index (χ3v) is 1.37. The Morgan fingerprint density at radius 3 is 2.73 bits per heavy atom. The minimum absolute atomic E-state index is 0.230. The minimum atomic E-state index is -0.396. The monoisotopic (exact) mass is 160 g/mol. The Hall–Kier alpha value is -0.540. The molecule has 0 saturated carbocycles. The summed E-state index contributed by atoms with van der Waals surface area (Å²) in [5.41, 5.74) is 0.824. The molecule has 0 heterocycles. The van der Waals surface area contributed by atoms with Crippen LogP contribution in [0.4, 0.5) is 0 Å². The molecule has 0 aliphatic carbocycles. The molecule has 0 rings (SSSR count). The number of hydrogen-bond donors (Lipinski definition) is 1. The van der Waals surface area contributed by atoms with E-state index >= 15 is 0 Å². The van der Waals surface area contributed by atoms with Gasteiger partial charge >= 0.3 is 0 Å². The fourth-order valence-corrected chi connectivity index (χ4v) is 0.634. The van der Waals surface area contributed by atoms with Crippen molar-refractivity contribution in [3.8, 4) is 0 Å². The predicted octanol–water partition coefficient (Wildman–Crippen LogP) is 1.28. The van der Waals surface area contributed by atoms with E-state index in [2.05, 4.69) is 4.74 Å². The van der Waals surface area contributed by atoms with E-state index < -0.39 is 6.10 Å². The SMILES string of the molecule is CCC(O)/C(C)=C/OCOC. The second-order valence-electron chi connectivity index (χ2n) is 2.36. The average molecular weight is 160 g/mol. The lowest BCUT2D eigenvalue weighted by atomic mass is 10.1. The van der Waals surface area contributed by atoms with Crippen LogP contribution < -0.4 is 0 Å². The summed E-state index contributed by atoms with van der Waals surface area (Å²) in [6.07, 6.45) is 1.84. The molecule has 1 N–H and O–H groups in total. The number of hydrogen-bond acceptors (Lipinski definition) is 3. The van der Waals surface area contributed by atoms with E-state index in [1.165, 1.54) is 6.26 Å². The largest absolute Gasteiger partial charge is 0.475 e. The topological polar surface area (TPSA) is 38.7 Å². The molecule has 1 atom stereocenters. The van der Waals surface area contributed by atoms with E-state index in [4.69, 9.17) is 4.74 Å². The molecule has 0 aliphatic rings. The Balaban J connectivity index is 3.61. The number of rotatable bonds is 5. The van der Waals surface area contributed by atoms with Crippen LogP contribution in [0.15, 0.2) is 11.8 Å². The van der Waals surface area contributed by atoms with Crippen LogP contribution in [0, 0.1) is 0 Å². The van der Waals surface area contributed by atoms with Crippen molar-refractivity contribution in [1.29, 1.82) is 0 Å². The van der Waals surface area contributed by atoms with E-state index in [9.17, 15) is 5.11 Å². The quantitative estimate of drug-likeness (QED) is 0.374. The van der Waals surface area contributed by atoms with Gasteiger partial charge in [-0.1, -0.05) is 6.92 Å². The third-order valence-electron chi connectivity index (χ3n) is 1.37. The summed E-state index contributed by atoms with van der Waals surface area (Å²) in [7, 11) is 1.55. The highest BCUT2D eigenvalue weighted by Crippen LogP contribution is 2.04. The molecule has 0 radical (unpaired) electrons. The first kappa shape index (κ1) is 10.5. The molecular weight excluding hydrogens is 144 g/mol. The second kappa shape index (κ2) is 6.19. The first-order valence-electron chi connectivity index (χ1n) is 3.67. The van der Waals surface area contributed by atoms with Crippen molar-refractivity contribution < 1.29 is 14.6 Å². The van der Waals surface area contributed by atoms with Gasteiger partial charge in [0.15, 0.2) is 6.79 Å². The van der Waals surface area contributed by atoms with Crippen LogP contribution in [0.3, 0.4) is 0 Å². The number of aliphatic hydroxyl groups excluding tert-OH is 1. The molecule has 3 nitrogen and oxygen atoms in total. The van der Waals surface area contributed by atoms with Gasteiger partial charge in [0.2, 0.25) is 0 Å². The zero-order valence-electron chi connectivity index (χ0n) is 7.33. The number of ether oxygens (including phenoxy) is 2. The Labute approximate surface area is 67.6 Å². The number of methoxy groups -OCH3 is 1. The highest BCUT2D eigenvalue weighted by molar-refractivity contribution is 4.99. The van der Waals surface area contributed by atoms with Crippen molar-refractivity contribution in [2.75, 3.05) is 13.9 Å². The van der Waals surface area contributed by atoms with E-state index in [0.717, 1.165) is 5.57 Å². The van der Waals surface area contributed by atoms with Gasteiger partial charge in [-0.15, -0.1) is 0 Å². The first-order valence-corrected chi connectivity index (χ1v) is 3.67. The summed E-state index contributed by atoms with van der Waals surface area (Å²) < 4.78 is 9.58. The molecule has 0 bridgehead atoms. The summed E-state index contributed by atoms with van der Waals surface area (Å²) in [5.74, 6) is 0. The zero-order valence-corrected chi connectivity index (χ0v) is 7.33. The van der Waals surface area contributed by atoms with Gasteiger partial charge in [-0.25, -0.2) is 0 Å². The van der Waals surface area contributed by atoms with Crippen LogP contribution in [0.25, 0.3) is 0 Å². The molecular formula is C8H16O3. The van der Waals surface area contributed by atoms with Crippen LogP contribution in [0.1, 0.15) is 20.3 Å². The zero-order chi connectivity index (χ0) is 8.69. The van der Waals surface area contributed by atoms with Gasteiger partial charge in [0.25, 0.3) is 0 Å². The summed E-state index contributed by atoms with van der Waals surface area (Å²) in [5, 5.41) is 9.24. The maximum atomic E-state index is 9.24. The smallest absolute Gasteiger partial charge is 0.187 e. The molecule has 0 amide bonds. The summed E-state index contributed by atoms with van der Waals surface area (Å²) in [6.45, 7) is 3.97. The Bertz CT molecular complexity index is 121. The van der Waals surface area contributed by atoms with Crippen LogP contribution in [0.5, 0.6) is 0 Å². The molecule has 0 saturated heterocycles. The highest BCUT2D eigenvalue weighted by atomic mass is 16.7. The molecule has 0 fully saturated rings. The maximum absolute atomic E-state index is 9.24. The average Bonchev–Trinajstić information content (AvgIpc) is 2.03.